The van der Waals surface area contributed by atoms with Crippen LogP contribution >= 0.6 is 23.2 Å². The number of hydrogen-bond donors (Lipinski definition) is 1. The molecule has 3 aromatic rings. The summed E-state index contributed by atoms with van der Waals surface area (Å²) >= 11 is 12.4. The van der Waals surface area contributed by atoms with Crippen LogP contribution in [-0.4, -0.2) is 25.2 Å². The van der Waals surface area contributed by atoms with Gasteiger partial charge in [0.15, 0.2) is 5.15 Å². The molecule has 3 rings (SSSR count). The maximum absolute atomic E-state index is 11.3. The average molecular weight is 392 g/mol. The number of unbranched alkanes of at least 4 members (excludes halogenated alkanes) is 1. The molecular weight excluding hydrogens is 373 g/mol. The molecule has 0 spiro atoms. The molecule has 1 N–H and O–H groups in total. The standard InChI is InChI=1S/C19H19Cl2N3O2/c1-2-3-6-16-22-17(20)18(21)24(16)12-13-7-9-14(10-8-13)23-11-4-5-15(23)19(25)26/h4-5,7-11H,2-3,6,12H2,1H3,(H,25,26). The minimum Gasteiger partial charge on any atom is -0.477 e. The van der Waals surface area contributed by atoms with Gasteiger partial charge in [0.25, 0.3) is 0 Å². The van der Waals surface area contributed by atoms with Crippen molar-refractivity contribution in [3.8, 4) is 5.69 Å². The molecule has 2 aromatic heterocycles. The second kappa shape index (κ2) is 7.98. The molecule has 0 fully saturated rings. The van der Waals surface area contributed by atoms with Crippen molar-refractivity contribution < 1.29 is 9.90 Å². The third kappa shape index (κ3) is 3.79. The normalized spacial score (nSPS) is 11.0. The fraction of sp³-hybridized carbons (Fsp3) is 0.263. The Morgan fingerprint density at radius 3 is 2.58 bits per heavy atom. The van der Waals surface area contributed by atoms with Gasteiger partial charge in [-0.15, -0.1) is 0 Å². The first-order chi connectivity index (χ1) is 12.5. The smallest absolute Gasteiger partial charge is 0.352 e. The number of benzene rings is 1. The van der Waals surface area contributed by atoms with E-state index in [-0.39, 0.29) is 5.69 Å². The van der Waals surface area contributed by atoms with Gasteiger partial charge >= 0.3 is 5.97 Å². The summed E-state index contributed by atoms with van der Waals surface area (Å²) in [5, 5.41) is 10.0. The molecule has 0 atom stereocenters. The van der Waals surface area contributed by atoms with E-state index in [0.717, 1.165) is 36.3 Å². The maximum atomic E-state index is 11.3. The lowest BCUT2D eigenvalue weighted by Gasteiger charge is -2.11. The second-order valence-electron chi connectivity index (χ2n) is 6.03. The minimum atomic E-state index is -0.959. The van der Waals surface area contributed by atoms with Crippen molar-refractivity contribution in [2.45, 2.75) is 32.7 Å². The number of aromatic nitrogens is 3. The van der Waals surface area contributed by atoms with Gasteiger partial charge in [0.05, 0.1) is 6.54 Å². The monoisotopic (exact) mass is 391 g/mol. The van der Waals surface area contributed by atoms with Crippen LogP contribution in [0.3, 0.4) is 0 Å². The molecule has 0 saturated heterocycles. The van der Waals surface area contributed by atoms with Gasteiger partial charge in [-0.25, -0.2) is 9.78 Å². The molecule has 0 radical (unpaired) electrons. The van der Waals surface area contributed by atoms with Crippen LogP contribution in [0.4, 0.5) is 0 Å². The van der Waals surface area contributed by atoms with Crippen molar-refractivity contribution >= 4 is 29.2 Å². The SMILES string of the molecule is CCCCc1nc(Cl)c(Cl)n1Cc1ccc(-n2cccc2C(=O)O)cc1. The number of imidazole rings is 1. The summed E-state index contributed by atoms with van der Waals surface area (Å²) in [5.41, 5.74) is 2.05. The lowest BCUT2D eigenvalue weighted by atomic mass is 10.2. The zero-order chi connectivity index (χ0) is 18.7. The summed E-state index contributed by atoms with van der Waals surface area (Å²) in [4.78, 5) is 15.6. The zero-order valence-electron chi connectivity index (χ0n) is 14.3. The Balaban J connectivity index is 1.84. The van der Waals surface area contributed by atoms with Crippen LogP contribution in [-0.2, 0) is 13.0 Å². The highest BCUT2D eigenvalue weighted by atomic mass is 35.5. The summed E-state index contributed by atoms with van der Waals surface area (Å²) in [7, 11) is 0. The Kier molecular flexibility index (Phi) is 5.69. The topological polar surface area (TPSA) is 60.0 Å². The number of hydrogen-bond acceptors (Lipinski definition) is 2. The van der Waals surface area contributed by atoms with E-state index in [1.165, 1.54) is 0 Å². The lowest BCUT2D eigenvalue weighted by molar-refractivity contribution is 0.0688. The number of rotatable bonds is 7. The largest absolute Gasteiger partial charge is 0.477 e. The summed E-state index contributed by atoms with van der Waals surface area (Å²) in [6, 6.07) is 11.0. The lowest BCUT2D eigenvalue weighted by Crippen LogP contribution is -2.07. The second-order valence-corrected chi connectivity index (χ2v) is 6.75. The summed E-state index contributed by atoms with van der Waals surface area (Å²) in [5.74, 6) is -0.0796. The van der Waals surface area contributed by atoms with Gasteiger partial charge < -0.3 is 14.2 Å². The van der Waals surface area contributed by atoms with Gasteiger partial charge in [0, 0.05) is 18.3 Å². The predicted molar refractivity (Wildman–Crippen MR) is 103 cm³/mol. The summed E-state index contributed by atoms with van der Waals surface area (Å²) in [6.07, 6.45) is 4.65. The van der Waals surface area contributed by atoms with E-state index in [4.69, 9.17) is 23.2 Å². The minimum absolute atomic E-state index is 0.226. The Labute approximate surface area is 161 Å². The van der Waals surface area contributed by atoms with Gasteiger partial charge in [-0.2, -0.15) is 0 Å². The average Bonchev–Trinajstić information content (AvgIpc) is 3.22. The van der Waals surface area contributed by atoms with E-state index < -0.39 is 5.97 Å². The van der Waals surface area contributed by atoms with E-state index in [1.54, 1.807) is 22.9 Å². The third-order valence-corrected chi connectivity index (χ3v) is 4.97. The molecule has 0 aliphatic rings. The molecule has 0 aliphatic heterocycles. The predicted octanol–water partition coefficient (Wildman–Crippen LogP) is 5.07. The third-order valence-electron chi connectivity index (χ3n) is 4.22. The molecule has 0 bridgehead atoms. The van der Waals surface area contributed by atoms with Gasteiger partial charge in [0.1, 0.15) is 16.7 Å². The Morgan fingerprint density at radius 2 is 1.92 bits per heavy atom. The van der Waals surface area contributed by atoms with Crippen LogP contribution in [0.15, 0.2) is 42.6 Å². The van der Waals surface area contributed by atoms with Gasteiger partial charge in [0.2, 0.25) is 0 Å². The van der Waals surface area contributed by atoms with Crippen molar-refractivity contribution in [3.63, 3.8) is 0 Å². The molecule has 5 nitrogen and oxygen atoms in total. The van der Waals surface area contributed by atoms with E-state index in [2.05, 4.69) is 11.9 Å². The molecule has 26 heavy (non-hydrogen) atoms. The van der Waals surface area contributed by atoms with Crippen LogP contribution in [0.2, 0.25) is 10.3 Å². The van der Waals surface area contributed by atoms with Crippen molar-refractivity contribution in [3.05, 3.63) is 70.0 Å². The van der Waals surface area contributed by atoms with E-state index in [9.17, 15) is 9.90 Å². The molecule has 1 aromatic carbocycles. The van der Waals surface area contributed by atoms with Crippen LogP contribution in [0.1, 0.15) is 41.6 Å². The molecule has 7 heteroatoms. The number of carboxylic acids is 1. The van der Waals surface area contributed by atoms with E-state index >= 15 is 0 Å². The summed E-state index contributed by atoms with van der Waals surface area (Å²) in [6.45, 7) is 2.69. The highest BCUT2D eigenvalue weighted by Crippen LogP contribution is 2.25. The zero-order valence-corrected chi connectivity index (χ0v) is 15.8. The Bertz CT molecular complexity index is 914. The number of carboxylic acid groups (broad SMARTS) is 1. The number of aromatic carboxylic acids is 1. The molecule has 136 valence electrons. The maximum Gasteiger partial charge on any atom is 0.352 e. The molecular formula is C19H19Cl2N3O2. The first-order valence-corrected chi connectivity index (χ1v) is 9.17. The van der Waals surface area contributed by atoms with Crippen molar-refractivity contribution in [1.29, 1.82) is 0 Å². The van der Waals surface area contributed by atoms with E-state index in [0.29, 0.717) is 16.9 Å². The fourth-order valence-electron chi connectivity index (χ4n) is 2.86. The van der Waals surface area contributed by atoms with E-state index in [1.807, 2.05) is 28.8 Å². The van der Waals surface area contributed by atoms with Crippen LogP contribution in [0.5, 0.6) is 0 Å². The van der Waals surface area contributed by atoms with Gasteiger partial charge in [-0.05, 0) is 36.2 Å². The van der Waals surface area contributed by atoms with Crippen LogP contribution < -0.4 is 0 Å². The molecule has 0 saturated carbocycles. The first kappa shape index (κ1) is 18.5. The first-order valence-electron chi connectivity index (χ1n) is 8.41. The number of halogens is 2. The fourth-order valence-corrected chi connectivity index (χ4v) is 3.25. The Morgan fingerprint density at radius 1 is 1.19 bits per heavy atom. The number of nitrogens with zero attached hydrogens (tertiary/aromatic N) is 3. The van der Waals surface area contributed by atoms with Crippen molar-refractivity contribution in [2.75, 3.05) is 0 Å². The molecule has 0 aliphatic carbocycles. The van der Waals surface area contributed by atoms with Crippen LogP contribution in [0, 0.1) is 0 Å². The van der Waals surface area contributed by atoms with Crippen LogP contribution in [0.25, 0.3) is 5.69 Å². The molecule has 0 unspecified atom stereocenters. The summed E-state index contributed by atoms with van der Waals surface area (Å²) < 4.78 is 3.56. The van der Waals surface area contributed by atoms with Gasteiger partial charge in [-0.3, -0.25) is 0 Å². The number of carbonyl (C=O) groups is 1. The number of aryl methyl sites for hydroxylation is 1. The highest BCUT2D eigenvalue weighted by Gasteiger charge is 2.14. The molecule has 0 amide bonds. The van der Waals surface area contributed by atoms with Crippen molar-refractivity contribution in [1.82, 2.24) is 14.1 Å². The molecule has 2 heterocycles. The Hall–Kier alpha value is -2.24. The quantitative estimate of drug-likeness (QED) is 0.611. The van der Waals surface area contributed by atoms with Gasteiger partial charge in [-0.1, -0.05) is 48.7 Å². The highest BCUT2D eigenvalue weighted by molar-refractivity contribution is 6.40. The van der Waals surface area contributed by atoms with Crippen molar-refractivity contribution in [2.24, 2.45) is 0 Å².